The maximum atomic E-state index is 12.0. The molecule has 0 saturated carbocycles. The number of nitrogens with zero attached hydrogens (tertiary/aromatic N) is 2. The molecular formula is C12H15N3O3. The van der Waals surface area contributed by atoms with Crippen LogP contribution in [0, 0.1) is 0 Å². The Bertz CT molecular complexity index is 535. The Morgan fingerprint density at radius 3 is 3.00 bits per heavy atom. The quantitative estimate of drug-likeness (QED) is 0.779. The lowest BCUT2D eigenvalue weighted by Crippen LogP contribution is -2.50. The Hall–Kier alpha value is -1.98. The first kappa shape index (κ1) is 11.1. The highest BCUT2D eigenvalue weighted by molar-refractivity contribution is 6.09. The molecule has 0 aliphatic carbocycles. The summed E-state index contributed by atoms with van der Waals surface area (Å²) in [7, 11) is 1.69. The van der Waals surface area contributed by atoms with E-state index in [-0.39, 0.29) is 17.6 Å². The van der Waals surface area contributed by atoms with Gasteiger partial charge in [0.05, 0.1) is 11.4 Å². The molecule has 2 N–H and O–H groups in total. The van der Waals surface area contributed by atoms with E-state index in [0.29, 0.717) is 5.69 Å². The van der Waals surface area contributed by atoms with Gasteiger partial charge in [-0.1, -0.05) is 0 Å². The fraction of sp³-hybridized carbons (Fsp3) is 0.500. The number of carbonyl (C=O) groups excluding carboxylic acids is 1. The summed E-state index contributed by atoms with van der Waals surface area (Å²) >= 11 is 0. The van der Waals surface area contributed by atoms with Crippen molar-refractivity contribution in [3.63, 3.8) is 0 Å². The lowest BCUT2D eigenvalue weighted by Gasteiger charge is -2.39. The summed E-state index contributed by atoms with van der Waals surface area (Å²) in [6, 6.07) is -0.143. The molecule has 18 heavy (non-hydrogen) atoms. The molecule has 6 nitrogen and oxygen atoms in total. The molecule has 6 heteroatoms. The fourth-order valence-electron chi connectivity index (χ4n) is 2.91. The molecule has 96 valence electrons. The molecule has 0 spiro atoms. The molecule has 1 amide bonds. The van der Waals surface area contributed by atoms with Crippen LogP contribution in [0.3, 0.4) is 0 Å². The van der Waals surface area contributed by atoms with E-state index in [9.17, 15) is 14.7 Å². The zero-order chi connectivity index (χ0) is 12.9. The first-order valence-corrected chi connectivity index (χ1v) is 6.09. The minimum atomic E-state index is -1.02. The lowest BCUT2D eigenvalue weighted by atomic mass is 9.98. The number of piperidine rings is 1. The summed E-state index contributed by atoms with van der Waals surface area (Å²) in [6.45, 7) is 0.814. The van der Waals surface area contributed by atoms with Gasteiger partial charge in [-0.15, -0.1) is 0 Å². The minimum absolute atomic E-state index is 0.0871. The average molecular weight is 249 g/mol. The van der Waals surface area contributed by atoms with Gasteiger partial charge in [-0.05, 0) is 19.3 Å². The van der Waals surface area contributed by atoms with Crippen LogP contribution in [0.2, 0.25) is 0 Å². The van der Waals surface area contributed by atoms with Crippen LogP contribution in [-0.4, -0.2) is 34.1 Å². The van der Waals surface area contributed by atoms with Gasteiger partial charge in [-0.3, -0.25) is 4.79 Å². The van der Waals surface area contributed by atoms with Gasteiger partial charge in [0.2, 0.25) is 5.91 Å². The number of carboxylic acids is 1. The fourth-order valence-corrected chi connectivity index (χ4v) is 2.91. The molecule has 3 heterocycles. The van der Waals surface area contributed by atoms with Gasteiger partial charge in [0.15, 0.2) is 5.69 Å². The number of aromatic carboxylic acids is 1. The van der Waals surface area contributed by atoms with Gasteiger partial charge in [0.25, 0.3) is 0 Å². The van der Waals surface area contributed by atoms with E-state index in [1.54, 1.807) is 17.8 Å². The number of carboxylic acid groups (broad SMARTS) is 1. The molecule has 1 aromatic heterocycles. The summed E-state index contributed by atoms with van der Waals surface area (Å²) < 4.78 is 1.56. The van der Waals surface area contributed by atoms with Crippen LogP contribution in [0.25, 0.3) is 0 Å². The van der Waals surface area contributed by atoms with Crippen molar-refractivity contribution in [3.05, 3.63) is 11.9 Å². The molecule has 0 radical (unpaired) electrons. The smallest absolute Gasteiger partial charge is 0.354 e. The summed E-state index contributed by atoms with van der Waals surface area (Å²) in [4.78, 5) is 25.3. The number of aryl methyl sites for hydroxylation is 1. The molecule has 1 atom stereocenters. The van der Waals surface area contributed by atoms with Crippen molar-refractivity contribution in [2.24, 2.45) is 7.05 Å². The third kappa shape index (κ3) is 1.41. The van der Waals surface area contributed by atoms with Crippen molar-refractivity contribution >= 4 is 23.3 Å². The summed E-state index contributed by atoms with van der Waals surface area (Å²) in [5.41, 5.74) is 1.41. The van der Waals surface area contributed by atoms with Gasteiger partial charge in [-0.25, -0.2) is 4.79 Å². The second kappa shape index (κ2) is 3.76. The number of fused-ring (bicyclic) bond motifs is 3. The van der Waals surface area contributed by atoms with E-state index in [0.717, 1.165) is 31.5 Å². The maximum absolute atomic E-state index is 12.0. The second-order valence-corrected chi connectivity index (χ2v) is 4.85. The number of hydrogen-bond acceptors (Lipinski definition) is 3. The predicted octanol–water partition coefficient (Wildman–Crippen LogP) is 1.03. The molecule has 0 bridgehead atoms. The molecule has 2 aliphatic rings. The van der Waals surface area contributed by atoms with Crippen molar-refractivity contribution in [1.82, 2.24) is 4.57 Å². The molecule has 2 aliphatic heterocycles. The average Bonchev–Trinajstić information content (AvgIpc) is 2.66. The van der Waals surface area contributed by atoms with Gasteiger partial charge in [-0.2, -0.15) is 0 Å². The Labute approximate surface area is 104 Å². The normalized spacial score (nSPS) is 22.2. The number of rotatable bonds is 1. The van der Waals surface area contributed by atoms with E-state index >= 15 is 0 Å². The van der Waals surface area contributed by atoms with Crippen LogP contribution >= 0.6 is 0 Å². The molecule has 1 saturated heterocycles. The summed E-state index contributed by atoms with van der Waals surface area (Å²) in [5, 5.41) is 11.9. The van der Waals surface area contributed by atoms with E-state index < -0.39 is 5.97 Å². The van der Waals surface area contributed by atoms with Crippen molar-refractivity contribution in [2.45, 2.75) is 25.3 Å². The van der Waals surface area contributed by atoms with Crippen LogP contribution in [0.1, 0.15) is 29.8 Å². The predicted molar refractivity (Wildman–Crippen MR) is 66.0 cm³/mol. The Morgan fingerprint density at radius 2 is 2.28 bits per heavy atom. The van der Waals surface area contributed by atoms with E-state index in [1.165, 1.54) is 0 Å². The van der Waals surface area contributed by atoms with E-state index in [2.05, 4.69) is 5.32 Å². The maximum Gasteiger partial charge on any atom is 0.354 e. The SMILES string of the molecule is Cn1cc2c(c1C(=O)O)NC(=O)C1CCCCN21. The molecule has 3 rings (SSSR count). The van der Waals surface area contributed by atoms with Crippen molar-refractivity contribution in [2.75, 3.05) is 16.8 Å². The number of hydrogen-bond donors (Lipinski definition) is 2. The molecular weight excluding hydrogens is 234 g/mol. The van der Waals surface area contributed by atoms with Gasteiger partial charge < -0.3 is 19.9 Å². The lowest BCUT2D eigenvalue weighted by molar-refractivity contribution is -0.118. The summed E-state index contributed by atoms with van der Waals surface area (Å²) in [6.07, 6.45) is 4.71. The number of anilines is 2. The second-order valence-electron chi connectivity index (χ2n) is 4.85. The Balaban J connectivity index is 2.13. The molecule has 1 aromatic rings. The first-order chi connectivity index (χ1) is 8.59. The van der Waals surface area contributed by atoms with Crippen LogP contribution in [0.4, 0.5) is 11.4 Å². The largest absolute Gasteiger partial charge is 0.477 e. The highest BCUT2D eigenvalue weighted by atomic mass is 16.4. The van der Waals surface area contributed by atoms with Gasteiger partial charge >= 0.3 is 5.97 Å². The first-order valence-electron chi connectivity index (χ1n) is 6.09. The van der Waals surface area contributed by atoms with Crippen LogP contribution in [0.15, 0.2) is 6.20 Å². The van der Waals surface area contributed by atoms with Crippen molar-refractivity contribution < 1.29 is 14.7 Å². The number of nitrogens with one attached hydrogen (secondary N) is 1. The van der Waals surface area contributed by atoms with Gasteiger partial charge in [0.1, 0.15) is 6.04 Å². The number of carbonyl (C=O) groups is 2. The molecule has 0 aromatic carbocycles. The Morgan fingerprint density at radius 1 is 1.50 bits per heavy atom. The van der Waals surface area contributed by atoms with E-state index in [1.807, 2.05) is 4.90 Å². The summed E-state index contributed by atoms with van der Waals surface area (Å²) in [5.74, 6) is -1.11. The van der Waals surface area contributed by atoms with Crippen molar-refractivity contribution in [3.8, 4) is 0 Å². The van der Waals surface area contributed by atoms with Gasteiger partial charge in [0, 0.05) is 19.8 Å². The Kier molecular flexibility index (Phi) is 2.33. The highest BCUT2D eigenvalue weighted by Gasteiger charge is 2.38. The monoisotopic (exact) mass is 249 g/mol. The third-order valence-corrected chi connectivity index (χ3v) is 3.73. The van der Waals surface area contributed by atoms with Crippen LogP contribution in [-0.2, 0) is 11.8 Å². The van der Waals surface area contributed by atoms with Crippen molar-refractivity contribution in [1.29, 1.82) is 0 Å². The zero-order valence-corrected chi connectivity index (χ0v) is 10.1. The third-order valence-electron chi connectivity index (χ3n) is 3.73. The standard InChI is InChI=1S/C12H15N3O3/c1-14-6-8-9(10(14)12(17)18)13-11(16)7-4-2-3-5-15(7)8/h6-7H,2-5H2,1H3,(H,13,16)(H,17,18). The molecule has 1 unspecified atom stereocenters. The number of amides is 1. The topological polar surface area (TPSA) is 74.6 Å². The van der Waals surface area contributed by atoms with Crippen LogP contribution < -0.4 is 10.2 Å². The minimum Gasteiger partial charge on any atom is -0.477 e. The number of aromatic nitrogens is 1. The highest BCUT2D eigenvalue weighted by Crippen LogP contribution is 2.39. The van der Waals surface area contributed by atoms with Crippen LogP contribution in [0.5, 0.6) is 0 Å². The molecule has 1 fully saturated rings. The zero-order valence-electron chi connectivity index (χ0n) is 10.1. The van der Waals surface area contributed by atoms with E-state index in [4.69, 9.17) is 0 Å².